The van der Waals surface area contributed by atoms with Crippen molar-refractivity contribution >= 4 is 11.8 Å². The monoisotopic (exact) mass is 196 g/mol. The largest absolute Gasteiger partial charge is 0.103 e. The molecule has 0 aromatic carbocycles. The Morgan fingerprint density at radius 3 is 2.77 bits per heavy atom. The first-order chi connectivity index (χ1) is 6.38. The van der Waals surface area contributed by atoms with Crippen molar-refractivity contribution in [1.29, 1.82) is 0 Å². The van der Waals surface area contributed by atoms with E-state index in [1.165, 1.54) is 4.91 Å². The maximum absolute atomic E-state index is 3.76. The highest BCUT2D eigenvalue weighted by molar-refractivity contribution is 8.05. The van der Waals surface area contributed by atoms with E-state index >= 15 is 0 Å². The second kappa shape index (κ2) is 8.18. The highest BCUT2D eigenvalue weighted by Crippen LogP contribution is 2.32. The molecule has 1 heterocycles. The van der Waals surface area contributed by atoms with Gasteiger partial charge in [-0.2, -0.15) is 0 Å². The molecular formula is C12H20S. The Hall–Kier alpha value is -0.430. The smallest absolute Gasteiger partial charge is 0.0113 e. The van der Waals surface area contributed by atoms with Gasteiger partial charge in [0.2, 0.25) is 0 Å². The molecule has 1 rings (SSSR count). The van der Waals surface area contributed by atoms with Crippen LogP contribution in [0.25, 0.3) is 0 Å². The lowest BCUT2D eigenvalue weighted by molar-refractivity contribution is 1.04. The van der Waals surface area contributed by atoms with Crippen LogP contribution in [0.5, 0.6) is 0 Å². The van der Waals surface area contributed by atoms with E-state index in [1.807, 2.05) is 31.7 Å². The fraction of sp³-hybridized carbons (Fsp3) is 0.500. The summed E-state index contributed by atoms with van der Waals surface area (Å²) in [5, 5.41) is 2.19. The molecule has 0 bridgehead atoms. The van der Waals surface area contributed by atoms with Gasteiger partial charge in [-0.3, -0.25) is 0 Å². The molecule has 0 aromatic rings. The molecule has 0 radical (unpaired) electrons. The van der Waals surface area contributed by atoms with Gasteiger partial charge in [0.05, 0.1) is 0 Å². The molecule has 0 unspecified atom stereocenters. The summed E-state index contributed by atoms with van der Waals surface area (Å²) in [6.07, 6.45) is 7.56. The molecule has 74 valence electrons. The molecule has 1 aliphatic heterocycles. The van der Waals surface area contributed by atoms with E-state index in [0.717, 1.165) is 19.3 Å². The molecular weight excluding hydrogens is 176 g/mol. The van der Waals surface area contributed by atoms with Crippen LogP contribution in [0.3, 0.4) is 0 Å². The summed E-state index contributed by atoms with van der Waals surface area (Å²) < 4.78 is 0. The zero-order valence-electron chi connectivity index (χ0n) is 8.97. The minimum Gasteiger partial charge on any atom is -0.103 e. The Morgan fingerprint density at radius 1 is 1.54 bits per heavy atom. The molecule has 1 heteroatoms. The van der Waals surface area contributed by atoms with Crippen LogP contribution in [0, 0.1) is 0 Å². The third-order valence-electron chi connectivity index (χ3n) is 1.78. The normalized spacial score (nSPS) is 15.0. The van der Waals surface area contributed by atoms with Crippen molar-refractivity contribution in [2.45, 2.75) is 40.0 Å². The Morgan fingerprint density at radius 2 is 2.23 bits per heavy atom. The lowest BCUT2D eigenvalue weighted by atomic mass is 10.1. The summed E-state index contributed by atoms with van der Waals surface area (Å²) in [6.45, 7) is 9.97. The van der Waals surface area contributed by atoms with Crippen molar-refractivity contribution in [3.63, 3.8) is 0 Å². The number of thioether (sulfide) groups is 1. The third kappa shape index (κ3) is 4.37. The Bertz CT molecular complexity index is 195. The highest BCUT2D eigenvalue weighted by atomic mass is 32.2. The lowest BCUT2D eigenvalue weighted by Gasteiger charge is -2.12. The van der Waals surface area contributed by atoms with Gasteiger partial charge in [0, 0.05) is 0 Å². The fourth-order valence-corrected chi connectivity index (χ4v) is 2.08. The minimum atomic E-state index is 1.06. The van der Waals surface area contributed by atoms with Crippen molar-refractivity contribution in [3.8, 4) is 0 Å². The predicted octanol–water partition coefficient (Wildman–Crippen LogP) is 4.90. The van der Waals surface area contributed by atoms with Crippen LogP contribution >= 0.6 is 11.8 Å². The van der Waals surface area contributed by atoms with Gasteiger partial charge < -0.3 is 0 Å². The van der Waals surface area contributed by atoms with Crippen LogP contribution in [0.4, 0.5) is 0 Å². The maximum atomic E-state index is 3.76. The van der Waals surface area contributed by atoms with Crippen molar-refractivity contribution < 1.29 is 0 Å². The van der Waals surface area contributed by atoms with Crippen LogP contribution in [0.1, 0.15) is 40.0 Å². The van der Waals surface area contributed by atoms with E-state index in [9.17, 15) is 0 Å². The van der Waals surface area contributed by atoms with Gasteiger partial charge in [-0.25, -0.2) is 0 Å². The first-order valence-corrected chi connectivity index (χ1v) is 5.90. The van der Waals surface area contributed by atoms with Crippen molar-refractivity contribution in [2.24, 2.45) is 0 Å². The average Bonchev–Trinajstić information content (AvgIpc) is 2.22. The molecule has 0 saturated heterocycles. The molecule has 0 fully saturated rings. The second-order valence-electron chi connectivity index (χ2n) is 2.57. The molecule has 0 N–H and O–H groups in total. The molecule has 1 aliphatic rings. The van der Waals surface area contributed by atoms with Crippen LogP contribution < -0.4 is 0 Å². The van der Waals surface area contributed by atoms with Crippen molar-refractivity contribution in [2.75, 3.05) is 0 Å². The Kier molecular flexibility index (Phi) is 7.91. The zero-order chi connectivity index (χ0) is 10.1. The van der Waals surface area contributed by atoms with E-state index in [1.54, 1.807) is 5.57 Å². The summed E-state index contributed by atoms with van der Waals surface area (Å²) in [5.74, 6) is 0. The molecule has 0 aromatic heterocycles. The summed E-state index contributed by atoms with van der Waals surface area (Å²) in [7, 11) is 0. The quantitative estimate of drug-likeness (QED) is 0.578. The van der Waals surface area contributed by atoms with Crippen LogP contribution in [-0.2, 0) is 0 Å². The van der Waals surface area contributed by atoms with Crippen LogP contribution in [-0.4, -0.2) is 0 Å². The average molecular weight is 196 g/mol. The number of hydrogen-bond donors (Lipinski definition) is 0. The third-order valence-corrected chi connectivity index (χ3v) is 2.97. The van der Waals surface area contributed by atoms with Crippen LogP contribution in [0.15, 0.2) is 34.6 Å². The Balaban J connectivity index is 0.000000671. The van der Waals surface area contributed by atoms with Gasteiger partial charge in [0.15, 0.2) is 0 Å². The molecule has 0 amide bonds. The Labute approximate surface area is 86.8 Å². The van der Waals surface area contributed by atoms with Crippen molar-refractivity contribution in [3.05, 3.63) is 34.6 Å². The van der Waals surface area contributed by atoms with E-state index in [0.29, 0.717) is 0 Å². The zero-order valence-corrected chi connectivity index (χ0v) is 9.79. The van der Waals surface area contributed by atoms with Gasteiger partial charge in [-0.15, -0.1) is 18.3 Å². The van der Waals surface area contributed by atoms with E-state index in [4.69, 9.17) is 0 Å². The van der Waals surface area contributed by atoms with Gasteiger partial charge in [0.1, 0.15) is 0 Å². The highest BCUT2D eigenvalue weighted by Gasteiger charge is 2.05. The van der Waals surface area contributed by atoms with Crippen LogP contribution in [0.2, 0.25) is 0 Å². The summed E-state index contributed by atoms with van der Waals surface area (Å²) in [4.78, 5) is 1.53. The van der Waals surface area contributed by atoms with E-state index in [-0.39, 0.29) is 0 Å². The van der Waals surface area contributed by atoms with E-state index < -0.39 is 0 Å². The lowest BCUT2D eigenvalue weighted by Crippen LogP contribution is -1.89. The fourth-order valence-electron chi connectivity index (χ4n) is 1.22. The molecule has 13 heavy (non-hydrogen) atoms. The number of hydrogen-bond acceptors (Lipinski definition) is 1. The van der Waals surface area contributed by atoms with Gasteiger partial charge >= 0.3 is 0 Å². The second-order valence-corrected chi connectivity index (χ2v) is 3.57. The SMILES string of the molecule is C=CCC1=C(CC)SC=CC1.CC. The standard InChI is InChI=1S/C10H14S.C2H6/c1-3-6-9-7-5-8-11-10(9)4-2;1-2/h3,5,8H,1,4,6-7H2,2H3;1-2H3. The van der Waals surface area contributed by atoms with Gasteiger partial charge in [0.25, 0.3) is 0 Å². The summed E-state index contributed by atoms with van der Waals surface area (Å²) in [5.41, 5.74) is 1.55. The molecule has 0 aliphatic carbocycles. The first-order valence-electron chi connectivity index (χ1n) is 5.02. The molecule has 0 saturated carbocycles. The topological polar surface area (TPSA) is 0 Å². The van der Waals surface area contributed by atoms with E-state index in [2.05, 4.69) is 25.0 Å². The van der Waals surface area contributed by atoms with Gasteiger partial charge in [-0.05, 0) is 29.6 Å². The number of rotatable bonds is 3. The summed E-state index contributed by atoms with van der Waals surface area (Å²) >= 11 is 1.86. The molecule has 0 spiro atoms. The molecule has 0 atom stereocenters. The minimum absolute atomic E-state index is 1.06. The van der Waals surface area contributed by atoms with Crippen molar-refractivity contribution in [1.82, 2.24) is 0 Å². The molecule has 0 nitrogen and oxygen atoms in total. The summed E-state index contributed by atoms with van der Waals surface area (Å²) in [6, 6.07) is 0. The first kappa shape index (κ1) is 12.6. The predicted molar refractivity (Wildman–Crippen MR) is 64.8 cm³/mol. The number of allylic oxidation sites excluding steroid dienone is 4. The maximum Gasteiger partial charge on any atom is -0.0113 e. The van der Waals surface area contributed by atoms with Gasteiger partial charge in [-0.1, -0.05) is 38.5 Å².